The number of halogens is 1. The molecule has 1 amide bonds. The van der Waals surface area contributed by atoms with Gasteiger partial charge in [-0.2, -0.15) is 0 Å². The number of benzene rings is 1. The zero-order valence-electron chi connectivity index (χ0n) is 10.3. The largest absolute Gasteiger partial charge is 0.484 e. The number of amides is 1. The quantitative estimate of drug-likeness (QED) is 0.779. The van der Waals surface area contributed by atoms with Gasteiger partial charge in [0.1, 0.15) is 5.75 Å². The molecule has 104 valence electrons. The molecule has 0 aliphatic carbocycles. The maximum Gasteiger partial charge on any atom is 0.328 e. The summed E-state index contributed by atoms with van der Waals surface area (Å²) in [7, 11) is 1.36. The van der Waals surface area contributed by atoms with Crippen molar-refractivity contribution in [3.05, 3.63) is 28.7 Å². The Morgan fingerprint density at radius 2 is 2.21 bits per heavy atom. The number of carbonyl (C=O) groups is 2. The molecule has 7 heteroatoms. The van der Waals surface area contributed by atoms with Gasteiger partial charge in [-0.15, -0.1) is 0 Å². The van der Waals surface area contributed by atoms with Crippen molar-refractivity contribution >= 4 is 27.8 Å². The molecule has 1 aromatic rings. The number of methoxy groups -OCH3 is 1. The lowest BCUT2D eigenvalue weighted by Gasteiger charge is -2.13. The van der Waals surface area contributed by atoms with E-state index < -0.39 is 17.9 Å². The summed E-state index contributed by atoms with van der Waals surface area (Å²) in [5.41, 5.74) is 0. The molecule has 19 heavy (non-hydrogen) atoms. The van der Waals surface area contributed by atoms with Crippen LogP contribution in [0.5, 0.6) is 5.75 Å². The fraction of sp³-hybridized carbons (Fsp3) is 0.333. The van der Waals surface area contributed by atoms with Crippen molar-refractivity contribution in [2.24, 2.45) is 0 Å². The lowest BCUT2D eigenvalue weighted by molar-refractivity contribution is -0.143. The molecule has 0 spiro atoms. The topological polar surface area (TPSA) is 84.9 Å². The summed E-state index contributed by atoms with van der Waals surface area (Å²) in [6.07, 6.45) is 0. The van der Waals surface area contributed by atoms with Crippen molar-refractivity contribution in [2.75, 3.05) is 20.3 Å². The summed E-state index contributed by atoms with van der Waals surface area (Å²) in [6, 6.07) is 5.91. The number of hydrogen-bond donors (Lipinski definition) is 2. The zero-order chi connectivity index (χ0) is 14.3. The Bertz CT molecular complexity index is 452. The van der Waals surface area contributed by atoms with Crippen molar-refractivity contribution in [2.45, 2.75) is 6.04 Å². The maximum atomic E-state index is 11.5. The van der Waals surface area contributed by atoms with Crippen molar-refractivity contribution in [3.8, 4) is 5.75 Å². The first kappa shape index (κ1) is 15.5. The standard InChI is InChI=1S/C12H14BrNO5/c1-18-6-10(12(16)17)14-11(15)7-19-9-4-2-3-8(13)5-9/h2-5,10H,6-7H2,1H3,(H,14,15)(H,16,17). The van der Waals surface area contributed by atoms with Gasteiger partial charge in [-0.1, -0.05) is 22.0 Å². The van der Waals surface area contributed by atoms with E-state index in [1.54, 1.807) is 18.2 Å². The second-order valence-corrected chi connectivity index (χ2v) is 4.58. The molecular weight excluding hydrogens is 318 g/mol. The van der Waals surface area contributed by atoms with E-state index in [1.807, 2.05) is 6.07 Å². The van der Waals surface area contributed by atoms with E-state index in [9.17, 15) is 9.59 Å². The first-order valence-electron chi connectivity index (χ1n) is 5.42. The van der Waals surface area contributed by atoms with Gasteiger partial charge in [-0.05, 0) is 18.2 Å². The van der Waals surface area contributed by atoms with Crippen LogP contribution in [0.4, 0.5) is 0 Å². The van der Waals surface area contributed by atoms with Crippen LogP contribution in [-0.2, 0) is 14.3 Å². The number of carboxylic acids is 1. The summed E-state index contributed by atoms with van der Waals surface area (Å²) in [5.74, 6) is -1.16. The molecule has 1 unspecified atom stereocenters. The van der Waals surface area contributed by atoms with Gasteiger partial charge < -0.3 is 19.9 Å². The molecule has 1 rings (SSSR count). The molecule has 0 radical (unpaired) electrons. The summed E-state index contributed by atoms with van der Waals surface area (Å²) in [6.45, 7) is -0.359. The summed E-state index contributed by atoms with van der Waals surface area (Å²) in [5, 5.41) is 11.1. The SMILES string of the molecule is COCC(NC(=O)COc1cccc(Br)c1)C(=O)O. The minimum Gasteiger partial charge on any atom is -0.484 e. The minimum atomic E-state index is -1.15. The normalized spacial score (nSPS) is 11.7. The molecule has 0 saturated heterocycles. The van der Waals surface area contributed by atoms with Crippen LogP contribution in [0.2, 0.25) is 0 Å². The van der Waals surface area contributed by atoms with E-state index in [-0.39, 0.29) is 13.2 Å². The van der Waals surface area contributed by atoms with Crippen LogP contribution in [0, 0.1) is 0 Å². The smallest absolute Gasteiger partial charge is 0.328 e. The average Bonchev–Trinajstić information content (AvgIpc) is 2.36. The van der Waals surface area contributed by atoms with Crippen LogP contribution in [0.15, 0.2) is 28.7 Å². The van der Waals surface area contributed by atoms with Crippen LogP contribution in [0.1, 0.15) is 0 Å². The third kappa shape index (κ3) is 5.71. The molecule has 0 saturated carbocycles. The summed E-state index contributed by atoms with van der Waals surface area (Å²) >= 11 is 3.27. The number of carboxylic acid groups (broad SMARTS) is 1. The van der Waals surface area contributed by atoms with E-state index in [1.165, 1.54) is 7.11 Å². The highest BCUT2D eigenvalue weighted by molar-refractivity contribution is 9.10. The van der Waals surface area contributed by atoms with Crippen LogP contribution < -0.4 is 10.1 Å². The summed E-state index contributed by atoms with van der Waals surface area (Å²) in [4.78, 5) is 22.3. The lowest BCUT2D eigenvalue weighted by Crippen LogP contribution is -2.45. The molecular formula is C12H14BrNO5. The Hall–Kier alpha value is -1.60. The first-order valence-corrected chi connectivity index (χ1v) is 6.21. The van der Waals surface area contributed by atoms with Crippen LogP contribution >= 0.6 is 15.9 Å². The third-order valence-electron chi connectivity index (χ3n) is 2.13. The molecule has 0 aliphatic rings. The van der Waals surface area contributed by atoms with E-state index in [2.05, 4.69) is 21.2 Å². The maximum absolute atomic E-state index is 11.5. The van der Waals surface area contributed by atoms with Crippen LogP contribution in [0.3, 0.4) is 0 Å². The number of hydrogen-bond acceptors (Lipinski definition) is 4. The lowest BCUT2D eigenvalue weighted by atomic mass is 10.3. The molecule has 2 N–H and O–H groups in total. The Morgan fingerprint density at radius 1 is 1.47 bits per heavy atom. The molecule has 1 atom stereocenters. The van der Waals surface area contributed by atoms with Crippen molar-refractivity contribution in [1.82, 2.24) is 5.32 Å². The van der Waals surface area contributed by atoms with Gasteiger partial charge >= 0.3 is 5.97 Å². The zero-order valence-corrected chi connectivity index (χ0v) is 11.8. The number of rotatable bonds is 7. The molecule has 0 fully saturated rings. The van der Waals surface area contributed by atoms with Gasteiger partial charge in [0.25, 0.3) is 5.91 Å². The Kier molecular flexibility index (Phi) is 6.31. The van der Waals surface area contributed by atoms with E-state index in [0.717, 1.165) is 4.47 Å². The molecule has 1 aromatic carbocycles. The number of aliphatic carboxylic acids is 1. The van der Waals surface area contributed by atoms with Gasteiger partial charge in [0.2, 0.25) is 0 Å². The highest BCUT2D eigenvalue weighted by Crippen LogP contribution is 2.17. The van der Waals surface area contributed by atoms with Gasteiger partial charge in [0, 0.05) is 11.6 Å². The van der Waals surface area contributed by atoms with E-state index in [0.29, 0.717) is 5.75 Å². The van der Waals surface area contributed by atoms with Gasteiger partial charge in [-0.25, -0.2) is 4.79 Å². The van der Waals surface area contributed by atoms with Crippen LogP contribution in [-0.4, -0.2) is 43.3 Å². The second kappa shape index (κ2) is 7.75. The highest BCUT2D eigenvalue weighted by Gasteiger charge is 2.19. The minimum absolute atomic E-state index is 0.0992. The van der Waals surface area contributed by atoms with Crippen molar-refractivity contribution in [3.63, 3.8) is 0 Å². The van der Waals surface area contributed by atoms with Crippen molar-refractivity contribution in [1.29, 1.82) is 0 Å². The fourth-order valence-electron chi connectivity index (χ4n) is 1.28. The van der Waals surface area contributed by atoms with E-state index >= 15 is 0 Å². The molecule has 0 bridgehead atoms. The van der Waals surface area contributed by atoms with Crippen molar-refractivity contribution < 1.29 is 24.2 Å². The predicted octanol–water partition coefficient (Wildman–Crippen LogP) is 1.04. The predicted molar refractivity (Wildman–Crippen MR) is 71.1 cm³/mol. The average molecular weight is 332 g/mol. The van der Waals surface area contributed by atoms with Crippen LogP contribution in [0.25, 0.3) is 0 Å². The number of carbonyl (C=O) groups excluding carboxylic acids is 1. The van der Waals surface area contributed by atoms with Gasteiger partial charge in [0.15, 0.2) is 12.6 Å². The molecule has 0 aromatic heterocycles. The highest BCUT2D eigenvalue weighted by atomic mass is 79.9. The molecule has 0 heterocycles. The number of nitrogens with one attached hydrogen (secondary N) is 1. The van der Waals surface area contributed by atoms with E-state index in [4.69, 9.17) is 14.6 Å². The molecule has 6 nitrogen and oxygen atoms in total. The third-order valence-corrected chi connectivity index (χ3v) is 2.63. The fourth-order valence-corrected chi connectivity index (χ4v) is 1.66. The summed E-state index contributed by atoms with van der Waals surface area (Å²) < 4.78 is 10.8. The Balaban J connectivity index is 2.44. The Morgan fingerprint density at radius 3 is 2.79 bits per heavy atom. The Labute approximate surface area is 118 Å². The monoisotopic (exact) mass is 331 g/mol. The first-order chi connectivity index (χ1) is 9.02. The second-order valence-electron chi connectivity index (χ2n) is 3.66. The van der Waals surface area contributed by atoms with Gasteiger partial charge in [0.05, 0.1) is 6.61 Å². The number of ether oxygens (including phenoxy) is 2. The molecule has 0 aliphatic heterocycles. The van der Waals surface area contributed by atoms with Gasteiger partial charge in [-0.3, -0.25) is 4.79 Å².